The van der Waals surface area contributed by atoms with Crippen LogP contribution in [0.3, 0.4) is 0 Å². The Balaban J connectivity index is 0.00000576. The molecule has 1 rings (SSSR count). The zero-order valence-electron chi connectivity index (χ0n) is 14.2. The van der Waals surface area contributed by atoms with Gasteiger partial charge in [-0.05, 0) is 19.1 Å². The molecule has 1 aromatic carbocycles. The van der Waals surface area contributed by atoms with Crippen molar-refractivity contribution in [2.45, 2.75) is 19.2 Å². The minimum atomic E-state index is -3.73. The van der Waals surface area contributed by atoms with Gasteiger partial charge in [0.25, 0.3) is 10.1 Å². The third-order valence-corrected chi connectivity index (χ3v) is 4.28. The first kappa shape index (κ1) is 24.0. The summed E-state index contributed by atoms with van der Waals surface area (Å²) in [5.41, 5.74) is 0.987. The number of ether oxygens (including phenoxy) is 4. The predicted molar refractivity (Wildman–Crippen MR) is 95.4 cm³/mol. The van der Waals surface area contributed by atoms with E-state index in [2.05, 4.69) is 0 Å². The minimum absolute atomic E-state index is 0. The maximum atomic E-state index is 11.9. The topological polar surface area (TPSA) is 80.3 Å². The number of rotatable bonds is 14. The van der Waals surface area contributed by atoms with E-state index >= 15 is 0 Å². The molecule has 0 saturated carbocycles. The van der Waals surface area contributed by atoms with Gasteiger partial charge in [-0.2, -0.15) is 8.42 Å². The highest BCUT2D eigenvalue weighted by Crippen LogP contribution is 2.12. The van der Waals surface area contributed by atoms with E-state index in [1.165, 1.54) is 12.1 Å². The Morgan fingerprint density at radius 3 is 1.68 bits per heavy atom. The van der Waals surface area contributed by atoms with E-state index in [9.17, 15) is 8.42 Å². The number of benzene rings is 1. The largest absolute Gasteiger partial charge is 0.382 e. The zero-order valence-corrected chi connectivity index (χ0v) is 15.0. The Kier molecular flexibility index (Phi) is 13.6. The molecule has 0 atom stereocenters. The quantitative estimate of drug-likeness (QED) is 0.362. The van der Waals surface area contributed by atoms with Crippen LogP contribution >= 0.6 is 0 Å². The normalized spacial score (nSPS) is 11.3. The van der Waals surface area contributed by atoms with Crippen LogP contribution < -0.4 is 0 Å². The van der Waals surface area contributed by atoms with Crippen LogP contribution in [0.4, 0.5) is 0 Å². The molecule has 0 spiro atoms. The van der Waals surface area contributed by atoms with Gasteiger partial charge in [0.05, 0.1) is 57.8 Å². The first-order valence-corrected chi connectivity index (χ1v) is 9.15. The van der Waals surface area contributed by atoms with E-state index in [1.54, 1.807) is 19.2 Å². The fraction of sp³-hybridized carbons (Fsp3) is 0.647. The van der Waals surface area contributed by atoms with Gasteiger partial charge in [0, 0.05) is 7.11 Å². The predicted octanol–water partition coefficient (Wildman–Crippen LogP) is 2.03. The van der Waals surface area contributed by atoms with Crippen molar-refractivity contribution < 1.29 is 31.5 Å². The van der Waals surface area contributed by atoms with Crippen molar-refractivity contribution in [2.24, 2.45) is 0 Å². The smallest absolute Gasteiger partial charge is 0.297 e. The standard InChI is InChI=1S/C16H26O7S.CH4/c1-15-3-5-16(6-4-15)24(17,18)23-14-13-22-12-11-21-10-9-20-8-7-19-2;/h3-6H,7-14H2,1-2H3;1H4. The number of hydrogen-bond donors (Lipinski definition) is 0. The van der Waals surface area contributed by atoms with Gasteiger partial charge < -0.3 is 18.9 Å². The van der Waals surface area contributed by atoms with Crippen molar-refractivity contribution in [3.8, 4) is 0 Å². The molecule has 0 aliphatic heterocycles. The van der Waals surface area contributed by atoms with Gasteiger partial charge >= 0.3 is 0 Å². The monoisotopic (exact) mass is 378 g/mol. The van der Waals surface area contributed by atoms with Gasteiger partial charge in [0.2, 0.25) is 0 Å². The second kappa shape index (κ2) is 14.2. The molecule has 0 aromatic heterocycles. The Bertz CT molecular complexity index is 528. The Morgan fingerprint density at radius 1 is 0.760 bits per heavy atom. The van der Waals surface area contributed by atoms with E-state index in [-0.39, 0.29) is 25.5 Å². The highest BCUT2D eigenvalue weighted by atomic mass is 32.2. The summed E-state index contributed by atoms with van der Waals surface area (Å²) in [4.78, 5) is 0.143. The highest BCUT2D eigenvalue weighted by molar-refractivity contribution is 7.86. The summed E-state index contributed by atoms with van der Waals surface area (Å²) in [6.07, 6.45) is 0. The molecule has 8 heteroatoms. The van der Waals surface area contributed by atoms with Gasteiger partial charge in [0.1, 0.15) is 0 Å². The molecule has 0 heterocycles. The van der Waals surface area contributed by atoms with E-state index in [0.717, 1.165) is 5.56 Å². The zero-order chi connectivity index (χ0) is 17.7. The molecule has 0 bridgehead atoms. The first-order chi connectivity index (χ1) is 11.6. The van der Waals surface area contributed by atoms with Crippen LogP contribution in [0.15, 0.2) is 29.2 Å². The third kappa shape index (κ3) is 11.2. The van der Waals surface area contributed by atoms with Gasteiger partial charge in [0.15, 0.2) is 0 Å². The molecule has 0 aliphatic rings. The first-order valence-electron chi connectivity index (χ1n) is 7.74. The molecule has 1 aromatic rings. The van der Waals surface area contributed by atoms with Gasteiger partial charge in [-0.1, -0.05) is 25.1 Å². The maximum Gasteiger partial charge on any atom is 0.297 e. The molecule has 0 radical (unpaired) electrons. The van der Waals surface area contributed by atoms with Crippen LogP contribution in [-0.2, 0) is 33.2 Å². The highest BCUT2D eigenvalue weighted by Gasteiger charge is 2.14. The van der Waals surface area contributed by atoms with Crippen molar-refractivity contribution in [2.75, 3.05) is 60.0 Å². The van der Waals surface area contributed by atoms with E-state index in [1.807, 2.05) is 6.92 Å². The minimum Gasteiger partial charge on any atom is -0.382 e. The average molecular weight is 378 g/mol. The number of hydrogen-bond acceptors (Lipinski definition) is 7. The van der Waals surface area contributed by atoms with Crippen LogP contribution in [0.5, 0.6) is 0 Å². The summed E-state index contributed by atoms with van der Waals surface area (Å²) >= 11 is 0. The van der Waals surface area contributed by atoms with E-state index < -0.39 is 10.1 Å². The lowest BCUT2D eigenvalue weighted by Gasteiger charge is -2.08. The number of aryl methyl sites for hydroxylation is 1. The second-order valence-corrected chi connectivity index (χ2v) is 6.53. The fourth-order valence-corrected chi connectivity index (χ4v) is 2.55. The van der Waals surface area contributed by atoms with Crippen LogP contribution in [0.1, 0.15) is 13.0 Å². The average Bonchev–Trinajstić information content (AvgIpc) is 2.56. The summed E-state index contributed by atoms with van der Waals surface area (Å²) in [5, 5.41) is 0. The molecule has 0 unspecified atom stereocenters. The Morgan fingerprint density at radius 2 is 1.20 bits per heavy atom. The van der Waals surface area contributed by atoms with Crippen molar-refractivity contribution in [1.82, 2.24) is 0 Å². The fourth-order valence-electron chi connectivity index (χ4n) is 1.66. The molecule has 25 heavy (non-hydrogen) atoms. The third-order valence-electron chi connectivity index (χ3n) is 2.95. The molecular weight excluding hydrogens is 348 g/mol. The Hall–Kier alpha value is -1.03. The SMILES string of the molecule is C.COCCOCCOCCOCCOS(=O)(=O)c1ccc(C)cc1. The molecule has 0 amide bonds. The van der Waals surface area contributed by atoms with Crippen LogP contribution in [0, 0.1) is 6.92 Å². The number of methoxy groups -OCH3 is 1. The molecule has 0 saturated heterocycles. The van der Waals surface area contributed by atoms with Crippen molar-refractivity contribution in [3.05, 3.63) is 29.8 Å². The summed E-state index contributed by atoms with van der Waals surface area (Å²) in [6.45, 7) is 4.91. The summed E-state index contributed by atoms with van der Waals surface area (Å²) in [5.74, 6) is 0. The summed E-state index contributed by atoms with van der Waals surface area (Å²) in [6, 6.07) is 6.49. The molecule has 146 valence electrons. The molecule has 7 nitrogen and oxygen atoms in total. The van der Waals surface area contributed by atoms with Crippen LogP contribution in [-0.4, -0.2) is 68.4 Å². The van der Waals surface area contributed by atoms with Gasteiger partial charge in [-0.15, -0.1) is 0 Å². The van der Waals surface area contributed by atoms with Crippen LogP contribution in [0.2, 0.25) is 0 Å². The van der Waals surface area contributed by atoms with Crippen molar-refractivity contribution in [3.63, 3.8) is 0 Å². The lowest BCUT2D eigenvalue weighted by Crippen LogP contribution is -2.14. The van der Waals surface area contributed by atoms with Gasteiger partial charge in [-0.25, -0.2) is 0 Å². The lowest BCUT2D eigenvalue weighted by atomic mass is 10.2. The molecule has 0 N–H and O–H groups in total. The maximum absolute atomic E-state index is 11.9. The van der Waals surface area contributed by atoms with E-state index in [0.29, 0.717) is 39.6 Å². The van der Waals surface area contributed by atoms with Crippen molar-refractivity contribution >= 4 is 10.1 Å². The van der Waals surface area contributed by atoms with E-state index in [4.69, 9.17) is 23.1 Å². The van der Waals surface area contributed by atoms with Crippen LogP contribution in [0.25, 0.3) is 0 Å². The molecule has 0 aliphatic carbocycles. The summed E-state index contributed by atoms with van der Waals surface area (Å²) in [7, 11) is -2.11. The second-order valence-electron chi connectivity index (χ2n) is 4.92. The van der Waals surface area contributed by atoms with Crippen molar-refractivity contribution in [1.29, 1.82) is 0 Å². The summed E-state index contributed by atoms with van der Waals surface area (Å²) < 4.78 is 49.3. The molecule has 0 fully saturated rings. The van der Waals surface area contributed by atoms with Gasteiger partial charge in [-0.3, -0.25) is 4.18 Å². The lowest BCUT2D eigenvalue weighted by molar-refractivity contribution is 0.000401. The Labute approximate surface area is 151 Å². The molecular formula is C17H30O7S.